The summed E-state index contributed by atoms with van der Waals surface area (Å²) >= 11 is 1.71. The van der Waals surface area contributed by atoms with Crippen LogP contribution in [-0.2, 0) is 9.59 Å². The Morgan fingerprint density at radius 3 is 2.23 bits per heavy atom. The summed E-state index contributed by atoms with van der Waals surface area (Å²) in [5.41, 5.74) is 0. The number of likely N-dealkylation sites (tertiary alicyclic amines) is 2. The van der Waals surface area contributed by atoms with Crippen molar-refractivity contribution < 1.29 is 9.59 Å². The van der Waals surface area contributed by atoms with Crippen molar-refractivity contribution in [2.45, 2.75) is 19.8 Å². The van der Waals surface area contributed by atoms with Crippen LogP contribution in [0.15, 0.2) is 0 Å². The van der Waals surface area contributed by atoms with Crippen molar-refractivity contribution in [3.63, 3.8) is 0 Å². The molecule has 0 aromatic rings. The van der Waals surface area contributed by atoms with Gasteiger partial charge in [0.1, 0.15) is 0 Å². The van der Waals surface area contributed by atoms with Crippen LogP contribution in [0.1, 0.15) is 19.8 Å². The standard InChI is InChI=1S/C16H29N3O2S/c1-4-22-12-16(21)19-9-13-5-7-18(8-6-14(13)10-19)11-15(20)17(2)3/h13-14H,4-12H2,1-3H3/t13-,14+. The molecule has 0 unspecified atom stereocenters. The molecule has 2 rings (SSSR count). The quantitative estimate of drug-likeness (QED) is 0.756. The number of rotatable bonds is 5. The molecule has 0 aromatic carbocycles. The molecule has 2 amide bonds. The number of nitrogens with zero attached hydrogens (tertiary/aromatic N) is 3. The minimum absolute atomic E-state index is 0.181. The van der Waals surface area contributed by atoms with Gasteiger partial charge in [-0.3, -0.25) is 14.5 Å². The van der Waals surface area contributed by atoms with Gasteiger partial charge in [0.25, 0.3) is 0 Å². The fourth-order valence-electron chi connectivity index (χ4n) is 3.38. The smallest absolute Gasteiger partial charge is 0.236 e. The molecule has 22 heavy (non-hydrogen) atoms. The fraction of sp³-hybridized carbons (Fsp3) is 0.875. The molecule has 0 aromatic heterocycles. The molecular formula is C16H29N3O2S. The average Bonchev–Trinajstić information content (AvgIpc) is 2.82. The molecule has 2 saturated heterocycles. The molecule has 0 bridgehead atoms. The molecule has 2 aliphatic heterocycles. The zero-order valence-electron chi connectivity index (χ0n) is 14.1. The van der Waals surface area contributed by atoms with Gasteiger partial charge in [-0.2, -0.15) is 11.8 Å². The first-order chi connectivity index (χ1) is 10.5. The molecule has 5 nitrogen and oxygen atoms in total. The third-order valence-electron chi connectivity index (χ3n) is 4.85. The van der Waals surface area contributed by atoms with E-state index in [0.29, 0.717) is 30.0 Å². The van der Waals surface area contributed by atoms with Gasteiger partial charge in [-0.1, -0.05) is 6.92 Å². The summed E-state index contributed by atoms with van der Waals surface area (Å²) in [7, 11) is 3.62. The van der Waals surface area contributed by atoms with E-state index in [1.165, 1.54) is 0 Å². The molecule has 2 atom stereocenters. The third-order valence-corrected chi connectivity index (χ3v) is 5.71. The van der Waals surface area contributed by atoms with Crippen molar-refractivity contribution in [2.75, 3.05) is 58.3 Å². The minimum atomic E-state index is 0.181. The predicted molar refractivity (Wildman–Crippen MR) is 90.9 cm³/mol. The van der Waals surface area contributed by atoms with Crippen molar-refractivity contribution in [1.82, 2.24) is 14.7 Å². The first-order valence-electron chi connectivity index (χ1n) is 8.29. The highest BCUT2D eigenvalue weighted by atomic mass is 32.2. The van der Waals surface area contributed by atoms with Crippen LogP contribution >= 0.6 is 11.8 Å². The number of carbonyl (C=O) groups is 2. The summed E-state index contributed by atoms with van der Waals surface area (Å²) in [6.07, 6.45) is 2.21. The van der Waals surface area contributed by atoms with Gasteiger partial charge >= 0.3 is 0 Å². The fourth-order valence-corrected chi connectivity index (χ4v) is 3.94. The molecule has 0 N–H and O–H groups in total. The molecule has 2 aliphatic rings. The van der Waals surface area contributed by atoms with E-state index in [0.717, 1.165) is 44.8 Å². The van der Waals surface area contributed by atoms with E-state index in [9.17, 15) is 9.59 Å². The second kappa shape index (κ2) is 8.20. The van der Waals surface area contributed by atoms with Crippen molar-refractivity contribution in [3.8, 4) is 0 Å². The number of hydrogen-bond donors (Lipinski definition) is 0. The molecule has 2 heterocycles. The summed E-state index contributed by atoms with van der Waals surface area (Å²) in [5, 5.41) is 0. The zero-order chi connectivity index (χ0) is 16.1. The largest absolute Gasteiger partial charge is 0.348 e. The number of fused-ring (bicyclic) bond motifs is 1. The lowest BCUT2D eigenvalue weighted by Gasteiger charge is -2.23. The van der Waals surface area contributed by atoms with Gasteiger partial charge in [-0.25, -0.2) is 0 Å². The highest BCUT2D eigenvalue weighted by molar-refractivity contribution is 7.99. The topological polar surface area (TPSA) is 43.9 Å². The lowest BCUT2D eigenvalue weighted by atomic mass is 9.92. The van der Waals surface area contributed by atoms with E-state index in [-0.39, 0.29) is 5.91 Å². The van der Waals surface area contributed by atoms with E-state index in [4.69, 9.17) is 0 Å². The number of amides is 2. The Morgan fingerprint density at radius 1 is 1.14 bits per heavy atom. The van der Waals surface area contributed by atoms with Gasteiger partial charge in [0, 0.05) is 27.2 Å². The molecule has 126 valence electrons. The van der Waals surface area contributed by atoms with Gasteiger partial charge in [0.05, 0.1) is 12.3 Å². The zero-order valence-corrected chi connectivity index (χ0v) is 14.9. The normalized spacial score (nSPS) is 25.7. The van der Waals surface area contributed by atoms with E-state index in [2.05, 4.69) is 16.7 Å². The van der Waals surface area contributed by atoms with E-state index in [1.54, 1.807) is 16.7 Å². The monoisotopic (exact) mass is 327 g/mol. The lowest BCUT2D eigenvalue weighted by molar-refractivity contribution is -0.129. The molecule has 2 fully saturated rings. The van der Waals surface area contributed by atoms with Crippen molar-refractivity contribution in [3.05, 3.63) is 0 Å². The molecular weight excluding hydrogens is 298 g/mol. The molecule has 6 heteroatoms. The van der Waals surface area contributed by atoms with Crippen LogP contribution in [0.3, 0.4) is 0 Å². The maximum absolute atomic E-state index is 12.2. The second-order valence-electron chi connectivity index (χ2n) is 6.60. The number of hydrogen-bond acceptors (Lipinski definition) is 4. The Morgan fingerprint density at radius 2 is 1.73 bits per heavy atom. The lowest BCUT2D eigenvalue weighted by Crippen LogP contribution is -2.38. The first-order valence-corrected chi connectivity index (χ1v) is 9.44. The van der Waals surface area contributed by atoms with Crippen LogP contribution in [0.2, 0.25) is 0 Å². The maximum Gasteiger partial charge on any atom is 0.236 e. The Balaban J connectivity index is 1.81. The Hall–Kier alpha value is -0.750. The minimum Gasteiger partial charge on any atom is -0.348 e. The average molecular weight is 327 g/mol. The SMILES string of the molecule is CCSCC(=O)N1C[C@H]2CCN(CC(=O)N(C)C)CC[C@H]2C1. The van der Waals surface area contributed by atoms with Gasteiger partial charge in [0.15, 0.2) is 0 Å². The van der Waals surface area contributed by atoms with Gasteiger partial charge in [-0.15, -0.1) is 0 Å². The van der Waals surface area contributed by atoms with Crippen LogP contribution < -0.4 is 0 Å². The van der Waals surface area contributed by atoms with Gasteiger partial charge in [0.2, 0.25) is 11.8 Å². The summed E-state index contributed by atoms with van der Waals surface area (Å²) < 4.78 is 0. The molecule has 0 aliphatic carbocycles. The summed E-state index contributed by atoms with van der Waals surface area (Å²) in [4.78, 5) is 30.0. The van der Waals surface area contributed by atoms with Crippen molar-refractivity contribution in [2.24, 2.45) is 11.8 Å². The van der Waals surface area contributed by atoms with E-state index in [1.807, 2.05) is 14.1 Å². The molecule has 0 radical (unpaired) electrons. The Bertz CT molecular complexity index is 387. The van der Waals surface area contributed by atoms with Crippen LogP contribution in [-0.4, -0.2) is 84.8 Å². The summed E-state index contributed by atoms with van der Waals surface area (Å²) in [5.74, 6) is 3.35. The van der Waals surface area contributed by atoms with Crippen LogP contribution in [0.25, 0.3) is 0 Å². The number of thioether (sulfide) groups is 1. The first kappa shape index (κ1) is 17.6. The third kappa shape index (κ3) is 4.62. The maximum atomic E-state index is 12.2. The molecule has 0 spiro atoms. The van der Waals surface area contributed by atoms with E-state index >= 15 is 0 Å². The highest BCUT2D eigenvalue weighted by Crippen LogP contribution is 2.32. The summed E-state index contributed by atoms with van der Waals surface area (Å²) in [6, 6.07) is 0. The predicted octanol–water partition coefficient (Wildman–Crippen LogP) is 0.998. The summed E-state index contributed by atoms with van der Waals surface area (Å²) in [6.45, 7) is 6.42. The van der Waals surface area contributed by atoms with Gasteiger partial charge < -0.3 is 9.80 Å². The van der Waals surface area contributed by atoms with Crippen LogP contribution in [0.4, 0.5) is 0 Å². The van der Waals surface area contributed by atoms with Crippen molar-refractivity contribution >= 4 is 23.6 Å². The number of likely N-dealkylation sites (N-methyl/N-ethyl adjacent to an activating group) is 1. The number of carbonyl (C=O) groups excluding carboxylic acids is 2. The van der Waals surface area contributed by atoms with Crippen molar-refractivity contribution in [1.29, 1.82) is 0 Å². The Labute approximate surface area is 138 Å². The van der Waals surface area contributed by atoms with Crippen LogP contribution in [0, 0.1) is 11.8 Å². The van der Waals surface area contributed by atoms with Gasteiger partial charge in [-0.05, 0) is 43.5 Å². The van der Waals surface area contributed by atoms with Crippen LogP contribution in [0.5, 0.6) is 0 Å². The second-order valence-corrected chi connectivity index (χ2v) is 7.87. The highest BCUT2D eigenvalue weighted by Gasteiger charge is 2.36. The molecule has 0 saturated carbocycles. The Kier molecular flexibility index (Phi) is 6.56. The van der Waals surface area contributed by atoms with E-state index < -0.39 is 0 Å².